The molecule has 0 radical (unpaired) electrons. The van der Waals surface area contributed by atoms with Crippen LogP contribution in [0.5, 0.6) is 0 Å². The third kappa shape index (κ3) is 9.39. The summed E-state index contributed by atoms with van der Waals surface area (Å²) in [6, 6.07) is 0.0321. The van der Waals surface area contributed by atoms with E-state index in [1.54, 1.807) is 35.0 Å². The number of hydrogen-bond acceptors (Lipinski definition) is 9. The largest absolute Gasteiger partial charge is 0.491 e. The Hall–Kier alpha value is -3.77. The van der Waals surface area contributed by atoms with Crippen LogP contribution in [0.3, 0.4) is 0 Å². The summed E-state index contributed by atoms with van der Waals surface area (Å²) in [5, 5.41) is 12.4. The topological polar surface area (TPSA) is 95.5 Å². The van der Waals surface area contributed by atoms with E-state index in [1.807, 2.05) is 56.0 Å². The standard InChI is InChI=1S/C29H42N8O3S/c1-9-22(2)37-29(38)35(21-32-37)25(5)11-10-23(3)33(7)16-17-34(8)24(4)12-13-26(6)39-19-27-20-41-28(40-27)18-36-30-14-15-31-36/h10-15,21-22,27-28H,3-6,9,16-20H2,1-2,7-8H3/b11-10-,13-12-. The molecule has 2 aromatic rings. The first-order valence-electron chi connectivity index (χ1n) is 13.5. The van der Waals surface area contributed by atoms with Gasteiger partial charge in [-0.3, -0.25) is 4.57 Å². The zero-order chi connectivity index (χ0) is 29.9. The maximum atomic E-state index is 12.6. The van der Waals surface area contributed by atoms with Crippen LogP contribution >= 0.6 is 11.8 Å². The summed E-state index contributed by atoms with van der Waals surface area (Å²) in [4.78, 5) is 18.3. The summed E-state index contributed by atoms with van der Waals surface area (Å²) < 4.78 is 14.7. The molecule has 12 heteroatoms. The summed E-state index contributed by atoms with van der Waals surface area (Å²) in [5.41, 5.74) is 1.96. The van der Waals surface area contributed by atoms with Crippen LogP contribution < -0.4 is 5.69 Å². The third-order valence-corrected chi connectivity index (χ3v) is 7.93. The molecule has 1 fully saturated rings. The molecule has 1 aliphatic rings. The lowest BCUT2D eigenvalue weighted by Gasteiger charge is -2.25. The Morgan fingerprint density at radius 2 is 1.73 bits per heavy atom. The molecule has 3 atom stereocenters. The molecule has 3 unspecified atom stereocenters. The number of allylic oxidation sites excluding steroid dienone is 5. The smallest absolute Gasteiger partial charge is 0.350 e. The first kappa shape index (κ1) is 31.8. The van der Waals surface area contributed by atoms with Crippen molar-refractivity contribution in [3.05, 3.63) is 97.0 Å². The van der Waals surface area contributed by atoms with Gasteiger partial charge in [0.15, 0.2) is 0 Å². The van der Waals surface area contributed by atoms with Gasteiger partial charge in [-0.25, -0.2) is 9.48 Å². The monoisotopic (exact) mass is 582 g/mol. The van der Waals surface area contributed by atoms with E-state index in [2.05, 4.69) is 41.6 Å². The van der Waals surface area contributed by atoms with Crippen molar-refractivity contribution in [2.45, 2.75) is 44.4 Å². The van der Waals surface area contributed by atoms with Gasteiger partial charge >= 0.3 is 5.69 Å². The van der Waals surface area contributed by atoms with E-state index in [9.17, 15) is 4.79 Å². The first-order valence-corrected chi connectivity index (χ1v) is 14.6. The lowest BCUT2D eigenvalue weighted by Crippen LogP contribution is -2.29. The number of likely N-dealkylation sites (N-methyl/N-ethyl adjacent to an activating group) is 2. The lowest BCUT2D eigenvalue weighted by atomic mass is 10.3. The molecule has 1 saturated heterocycles. The van der Waals surface area contributed by atoms with Crippen LogP contribution in [-0.4, -0.2) is 90.2 Å². The number of nitrogens with zero attached hydrogens (tertiary/aromatic N) is 8. The summed E-state index contributed by atoms with van der Waals surface area (Å²) >= 11 is 1.73. The van der Waals surface area contributed by atoms with Crippen LogP contribution in [-0.2, 0) is 16.0 Å². The maximum absolute atomic E-state index is 12.6. The van der Waals surface area contributed by atoms with Crippen molar-refractivity contribution in [1.29, 1.82) is 0 Å². The zero-order valence-electron chi connectivity index (χ0n) is 24.6. The van der Waals surface area contributed by atoms with E-state index in [1.165, 1.54) is 15.6 Å². The van der Waals surface area contributed by atoms with E-state index < -0.39 is 0 Å². The van der Waals surface area contributed by atoms with Crippen molar-refractivity contribution in [1.82, 2.24) is 39.1 Å². The molecular weight excluding hydrogens is 540 g/mol. The Morgan fingerprint density at radius 3 is 2.37 bits per heavy atom. The Bertz CT molecular complexity index is 1310. The highest BCUT2D eigenvalue weighted by molar-refractivity contribution is 8.00. The SMILES string of the molecule is C=C(/C=C\C(=C)N(C)CCN(C)C(=C)/C=C\C(=C)n1cnn(C(C)CC)c1=O)OCC1CSC(Cn2nccn2)O1. The predicted molar refractivity (Wildman–Crippen MR) is 165 cm³/mol. The summed E-state index contributed by atoms with van der Waals surface area (Å²) in [6.45, 7) is 22.7. The minimum absolute atomic E-state index is 0.00476. The van der Waals surface area contributed by atoms with Gasteiger partial charge in [-0.05, 0) is 37.6 Å². The second-order valence-electron chi connectivity index (χ2n) is 9.85. The van der Waals surface area contributed by atoms with Crippen LogP contribution in [0, 0.1) is 0 Å². The van der Waals surface area contributed by atoms with Crippen molar-refractivity contribution in [2.75, 3.05) is 39.5 Å². The van der Waals surface area contributed by atoms with Crippen molar-refractivity contribution in [2.24, 2.45) is 0 Å². The van der Waals surface area contributed by atoms with E-state index in [4.69, 9.17) is 9.47 Å². The highest BCUT2D eigenvalue weighted by Gasteiger charge is 2.27. The first-order chi connectivity index (χ1) is 19.6. The van der Waals surface area contributed by atoms with Crippen LogP contribution in [0.1, 0.15) is 26.3 Å². The molecular formula is C29H42N8O3S. The van der Waals surface area contributed by atoms with Crippen molar-refractivity contribution >= 4 is 17.5 Å². The summed E-state index contributed by atoms with van der Waals surface area (Å²) in [6.07, 6.45) is 12.9. The van der Waals surface area contributed by atoms with Crippen LogP contribution in [0.2, 0.25) is 0 Å². The average molecular weight is 583 g/mol. The van der Waals surface area contributed by atoms with Crippen LogP contribution in [0.25, 0.3) is 5.70 Å². The molecule has 0 saturated carbocycles. The van der Waals surface area contributed by atoms with Gasteiger partial charge in [0.05, 0.1) is 25.0 Å². The third-order valence-electron chi connectivity index (χ3n) is 6.74. The van der Waals surface area contributed by atoms with E-state index in [-0.39, 0.29) is 23.3 Å². The van der Waals surface area contributed by atoms with Gasteiger partial charge in [0, 0.05) is 50.0 Å². The Morgan fingerprint density at radius 1 is 1.10 bits per heavy atom. The highest BCUT2D eigenvalue weighted by atomic mass is 32.2. The van der Waals surface area contributed by atoms with Gasteiger partial charge in [-0.15, -0.1) is 11.8 Å². The number of thioether (sulfide) groups is 1. The molecule has 0 bridgehead atoms. The molecule has 0 spiro atoms. The maximum Gasteiger partial charge on any atom is 0.350 e. The summed E-state index contributed by atoms with van der Waals surface area (Å²) in [5.74, 6) is 1.40. The Kier molecular flexibility index (Phi) is 11.8. The number of ether oxygens (including phenoxy) is 2. The minimum Gasteiger partial charge on any atom is -0.491 e. The van der Waals surface area contributed by atoms with Crippen molar-refractivity contribution in [3.8, 4) is 0 Å². The van der Waals surface area contributed by atoms with Crippen LogP contribution in [0.15, 0.2) is 91.3 Å². The lowest BCUT2D eigenvalue weighted by molar-refractivity contribution is 0.0103. The molecule has 3 heterocycles. The zero-order valence-corrected chi connectivity index (χ0v) is 25.4. The fraction of sp³-hybridized carbons (Fsp3) is 0.448. The quantitative estimate of drug-likeness (QED) is 0.204. The molecule has 0 aliphatic carbocycles. The van der Waals surface area contributed by atoms with Gasteiger partial charge in [0.1, 0.15) is 30.2 Å². The number of hydrogen-bond donors (Lipinski definition) is 0. The van der Waals surface area contributed by atoms with Gasteiger partial charge in [-0.2, -0.15) is 20.1 Å². The highest BCUT2D eigenvalue weighted by Crippen LogP contribution is 2.26. The van der Waals surface area contributed by atoms with E-state index in [0.717, 1.165) is 30.1 Å². The fourth-order valence-corrected chi connectivity index (χ4v) is 4.78. The fourth-order valence-electron chi connectivity index (χ4n) is 3.70. The molecule has 11 nitrogen and oxygen atoms in total. The van der Waals surface area contributed by atoms with Crippen molar-refractivity contribution in [3.63, 3.8) is 0 Å². The minimum atomic E-state index is -0.201. The molecule has 2 aromatic heterocycles. The number of rotatable bonds is 17. The molecule has 41 heavy (non-hydrogen) atoms. The van der Waals surface area contributed by atoms with E-state index in [0.29, 0.717) is 31.2 Å². The molecule has 1 aliphatic heterocycles. The molecule has 0 aromatic carbocycles. The van der Waals surface area contributed by atoms with Crippen molar-refractivity contribution < 1.29 is 9.47 Å². The molecule has 3 rings (SSSR count). The summed E-state index contributed by atoms with van der Waals surface area (Å²) in [7, 11) is 3.94. The van der Waals surface area contributed by atoms with E-state index >= 15 is 0 Å². The Balaban J connectivity index is 1.36. The van der Waals surface area contributed by atoms with Gasteiger partial charge in [-0.1, -0.05) is 33.2 Å². The number of aromatic nitrogens is 6. The van der Waals surface area contributed by atoms with Gasteiger partial charge < -0.3 is 19.3 Å². The predicted octanol–water partition coefficient (Wildman–Crippen LogP) is 3.77. The van der Waals surface area contributed by atoms with Gasteiger partial charge in [0.2, 0.25) is 0 Å². The average Bonchev–Trinajstić information content (AvgIpc) is 3.73. The molecule has 0 N–H and O–H groups in total. The second-order valence-corrected chi connectivity index (χ2v) is 11.0. The molecule has 0 amide bonds. The Labute approximate surface area is 246 Å². The second kappa shape index (κ2) is 15.3. The molecule has 222 valence electrons. The van der Waals surface area contributed by atoms with Gasteiger partial charge in [0.25, 0.3) is 0 Å². The van der Waals surface area contributed by atoms with Crippen LogP contribution in [0.4, 0.5) is 0 Å². The normalized spacial score (nSPS) is 17.7.